The quantitative estimate of drug-likeness (QED) is 0.549. The van der Waals surface area contributed by atoms with Gasteiger partial charge in [0, 0.05) is 6.61 Å². The molecule has 0 aromatic heterocycles. The van der Waals surface area contributed by atoms with Crippen molar-refractivity contribution in [3.63, 3.8) is 0 Å². The fourth-order valence-corrected chi connectivity index (χ4v) is 1.59. The fourth-order valence-electron chi connectivity index (χ4n) is 1.59. The van der Waals surface area contributed by atoms with Crippen LogP contribution >= 0.6 is 0 Å². The predicted molar refractivity (Wildman–Crippen MR) is 62.6 cm³/mol. The van der Waals surface area contributed by atoms with Crippen LogP contribution < -0.4 is 0 Å². The molecule has 86 valence electrons. The highest BCUT2D eigenvalue weighted by molar-refractivity contribution is 4.52. The molecule has 0 amide bonds. The van der Waals surface area contributed by atoms with E-state index < -0.39 is 0 Å². The maximum absolute atomic E-state index is 8.63. The van der Waals surface area contributed by atoms with Gasteiger partial charge in [0.15, 0.2) is 0 Å². The van der Waals surface area contributed by atoms with Crippen LogP contribution in [0, 0.1) is 0 Å². The van der Waals surface area contributed by atoms with E-state index in [1.54, 1.807) is 0 Å². The summed E-state index contributed by atoms with van der Waals surface area (Å²) in [6.07, 6.45) is 8.87. The normalized spacial score (nSPS) is 11.1. The topological polar surface area (TPSA) is 23.5 Å². The molecule has 0 aliphatic heterocycles. The zero-order chi connectivity index (χ0) is 10.6. The monoisotopic (exact) mass is 201 g/mol. The first-order valence-corrected chi connectivity index (χ1v) is 6.10. The van der Waals surface area contributed by atoms with E-state index in [2.05, 4.69) is 18.9 Å². The Morgan fingerprint density at radius 3 is 2.00 bits per heavy atom. The molecule has 0 heterocycles. The van der Waals surface area contributed by atoms with E-state index in [-0.39, 0.29) is 0 Å². The SMILES string of the molecule is CCCCCCCN(C)CCCCO. The maximum Gasteiger partial charge on any atom is 0.0431 e. The van der Waals surface area contributed by atoms with Crippen molar-refractivity contribution in [1.82, 2.24) is 4.90 Å². The third kappa shape index (κ3) is 10.0. The first kappa shape index (κ1) is 13.9. The van der Waals surface area contributed by atoms with Gasteiger partial charge in [-0.05, 0) is 39.4 Å². The van der Waals surface area contributed by atoms with Gasteiger partial charge >= 0.3 is 0 Å². The van der Waals surface area contributed by atoms with Gasteiger partial charge in [-0.15, -0.1) is 0 Å². The first-order chi connectivity index (χ1) is 6.81. The molecule has 0 aliphatic carbocycles. The highest BCUT2D eigenvalue weighted by Gasteiger charge is 1.97. The van der Waals surface area contributed by atoms with Crippen molar-refractivity contribution >= 4 is 0 Å². The minimum atomic E-state index is 0.338. The molecule has 0 fully saturated rings. The van der Waals surface area contributed by atoms with E-state index >= 15 is 0 Å². The van der Waals surface area contributed by atoms with Crippen molar-refractivity contribution in [3.05, 3.63) is 0 Å². The molecule has 0 aromatic carbocycles. The van der Waals surface area contributed by atoms with Crippen LogP contribution in [0.4, 0.5) is 0 Å². The van der Waals surface area contributed by atoms with Crippen LogP contribution in [0.1, 0.15) is 51.9 Å². The van der Waals surface area contributed by atoms with Gasteiger partial charge in [0.2, 0.25) is 0 Å². The number of rotatable bonds is 10. The molecule has 0 unspecified atom stereocenters. The van der Waals surface area contributed by atoms with Gasteiger partial charge in [-0.25, -0.2) is 0 Å². The molecule has 0 atom stereocenters. The standard InChI is InChI=1S/C12H27NO/c1-3-4-5-6-7-10-13(2)11-8-9-12-14/h14H,3-12H2,1-2H3. The second-order valence-electron chi connectivity index (χ2n) is 4.15. The van der Waals surface area contributed by atoms with Crippen molar-refractivity contribution in [3.8, 4) is 0 Å². The second kappa shape index (κ2) is 11.0. The molecule has 0 spiro atoms. The Labute approximate surface area is 89.3 Å². The first-order valence-electron chi connectivity index (χ1n) is 6.10. The number of unbranched alkanes of at least 4 members (excludes halogenated alkanes) is 5. The smallest absolute Gasteiger partial charge is 0.0431 e. The van der Waals surface area contributed by atoms with Crippen LogP contribution in [0.15, 0.2) is 0 Å². The van der Waals surface area contributed by atoms with E-state index in [1.165, 1.54) is 38.6 Å². The number of hydrogen-bond donors (Lipinski definition) is 1. The minimum Gasteiger partial charge on any atom is -0.396 e. The summed E-state index contributed by atoms with van der Waals surface area (Å²) >= 11 is 0. The summed E-state index contributed by atoms with van der Waals surface area (Å²) in [5, 5.41) is 8.63. The van der Waals surface area contributed by atoms with Gasteiger partial charge in [-0.2, -0.15) is 0 Å². The third-order valence-electron chi connectivity index (χ3n) is 2.59. The van der Waals surface area contributed by atoms with E-state index in [4.69, 9.17) is 5.11 Å². The Kier molecular flexibility index (Phi) is 10.9. The molecular weight excluding hydrogens is 174 g/mol. The maximum atomic E-state index is 8.63. The molecule has 2 nitrogen and oxygen atoms in total. The van der Waals surface area contributed by atoms with Crippen LogP contribution in [0.3, 0.4) is 0 Å². The number of hydrogen-bond acceptors (Lipinski definition) is 2. The van der Waals surface area contributed by atoms with Crippen LogP contribution in [-0.4, -0.2) is 36.8 Å². The van der Waals surface area contributed by atoms with Crippen LogP contribution in [-0.2, 0) is 0 Å². The second-order valence-corrected chi connectivity index (χ2v) is 4.15. The Bertz CT molecular complexity index is 106. The highest BCUT2D eigenvalue weighted by atomic mass is 16.2. The van der Waals surface area contributed by atoms with Crippen molar-refractivity contribution in [2.75, 3.05) is 26.7 Å². The molecule has 2 heteroatoms. The fraction of sp³-hybridized carbons (Fsp3) is 1.00. The van der Waals surface area contributed by atoms with Crippen LogP contribution in [0.25, 0.3) is 0 Å². The Balaban J connectivity index is 3.06. The van der Waals surface area contributed by atoms with Crippen LogP contribution in [0.2, 0.25) is 0 Å². The van der Waals surface area contributed by atoms with Crippen molar-refractivity contribution < 1.29 is 5.11 Å². The highest BCUT2D eigenvalue weighted by Crippen LogP contribution is 2.03. The van der Waals surface area contributed by atoms with Crippen molar-refractivity contribution in [2.24, 2.45) is 0 Å². The summed E-state index contributed by atoms with van der Waals surface area (Å²) < 4.78 is 0. The van der Waals surface area contributed by atoms with Gasteiger partial charge < -0.3 is 10.0 Å². The lowest BCUT2D eigenvalue weighted by atomic mass is 10.1. The van der Waals surface area contributed by atoms with E-state index in [0.29, 0.717) is 6.61 Å². The largest absolute Gasteiger partial charge is 0.396 e. The van der Waals surface area contributed by atoms with Crippen molar-refractivity contribution in [2.45, 2.75) is 51.9 Å². The Morgan fingerprint density at radius 1 is 0.857 bits per heavy atom. The van der Waals surface area contributed by atoms with Gasteiger partial charge in [0.25, 0.3) is 0 Å². The average molecular weight is 201 g/mol. The molecule has 0 radical (unpaired) electrons. The molecule has 0 saturated carbocycles. The molecule has 0 saturated heterocycles. The number of nitrogens with zero attached hydrogens (tertiary/aromatic N) is 1. The number of aliphatic hydroxyl groups excluding tert-OH is 1. The third-order valence-corrected chi connectivity index (χ3v) is 2.59. The van der Waals surface area contributed by atoms with E-state index in [1.807, 2.05) is 0 Å². The summed E-state index contributed by atoms with van der Waals surface area (Å²) in [5.41, 5.74) is 0. The average Bonchev–Trinajstić information content (AvgIpc) is 2.18. The molecule has 14 heavy (non-hydrogen) atoms. The predicted octanol–water partition coefficient (Wildman–Crippen LogP) is 2.66. The summed E-state index contributed by atoms with van der Waals surface area (Å²) in [5.74, 6) is 0. The molecular formula is C12H27NO. The molecule has 0 aromatic rings. The molecule has 1 N–H and O–H groups in total. The molecule has 0 bridgehead atoms. The Morgan fingerprint density at radius 2 is 1.43 bits per heavy atom. The van der Waals surface area contributed by atoms with Gasteiger partial charge in [0.1, 0.15) is 0 Å². The number of aliphatic hydroxyl groups is 1. The summed E-state index contributed by atoms with van der Waals surface area (Å²) in [6, 6.07) is 0. The van der Waals surface area contributed by atoms with Crippen molar-refractivity contribution in [1.29, 1.82) is 0 Å². The summed E-state index contributed by atoms with van der Waals surface area (Å²) in [6.45, 7) is 4.94. The zero-order valence-corrected chi connectivity index (χ0v) is 9.97. The molecule has 0 aliphatic rings. The Hall–Kier alpha value is -0.0800. The summed E-state index contributed by atoms with van der Waals surface area (Å²) in [4.78, 5) is 2.38. The van der Waals surface area contributed by atoms with Gasteiger partial charge in [0.05, 0.1) is 0 Å². The minimum absolute atomic E-state index is 0.338. The van der Waals surface area contributed by atoms with Gasteiger partial charge in [-0.3, -0.25) is 0 Å². The lowest BCUT2D eigenvalue weighted by molar-refractivity contribution is 0.261. The molecule has 0 rings (SSSR count). The summed E-state index contributed by atoms with van der Waals surface area (Å²) in [7, 11) is 2.18. The lowest BCUT2D eigenvalue weighted by Crippen LogP contribution is -2.21. The zero-order valence-electron chi connectivity index (χ0n) is 9.97. The van der Waals surface area contributed by atoms with Gasteiger partial charge in [-0.1, -0.05) is 32.6 Å². The van der Waals surface area contributed by atoms with E-state index in [0.717, 1.165) is 19.4 Å². The van der Waals surface area contributed by atoms with Crippen LogP contribution in [0.5, 0.6) is 0 Å². The van der Waals surface area contributed by atoms with E-state index in [9.17, 15) is 0 Å². The lowest BCUT2D eigenvalue weighted by Gasteiger charge is -2.15.